The quantitative estimate of drug-likeness (QED) is 0.723. The highest BCUT2D eigenvalue weighted by atomic mass is 35.5. The molecule has 0 fully saturated rings. The first-order valence-electron chi connectivity index (χ1n) is 7.91. The molecule has 0 saturated heterocycles. The molecular weight excluding hydrogens is 344 g/mol. The predicted octanol–water partition coefficient (Wildman–Crippen LogP) is 4.67. The summed E-state index contributed by atoms with van der Waals surface area (Å²) in [6.45, 7) is 3.91. The second-order valence-electron chi connectivity index (χ2n) is 5.73. The van der Waals surface area contributed by atoms with Crippen molar-refractivity contribution >= 4 is 33.9 Å². The summed E-state index contributed by atoms with van der Waals surface area (Å²) in [6.07, 6.45) is 2.28. The zero-order chi connectivity index (χ0) is 17.7. The largest absolute Gasteiger partial charge is 0.465 e. The van der Waals surface area contributed by atoms with Crippen LogP contribution in [0, 0.1) is 0 Å². The maximum atomic E-state index is 12.2. The number of carbonyl (C=O) groups is 1. The summed E-state index contributed by atoms with van der Waals surface area (Å²) in [5.74, 6) is -0.406. The highest BCUT2D eigenvalue weighted by molar-refractivity contribution is 7.17. The van der Waals surface area contributed by atoms with Gasteiger partial charge in [0, 0.05) is 22.0 Å². The van der Waals surface area contributed by atoms with Gasteiger partial charge >= 0.3 is 5.97 Å². The number of nitrogens with two attached hydrogens (primary N) is 1. The van der Waals surface area contributed by atoms with Gasteiger partial charge in [-0.25, -0.2) is 4.79 Å². The van der Waals surface area contributed by atoms with E-state index in [-0.39, 0.29) is 0 Å². The molecule has 0 unspecified atom stereocenters. The lowest BCUT2D eigenvalue weighted by Gasteiger charge is -2.16. The molecule has 0 spiro atoms. The number of benzene rings is 1. The second kappa shape index (κ2) is 8.51. The van der Waals surface area contributed by atoms with Gasteiger partial charge in [-0.1, -0.05) is 37.1 Å². The standard InChI is InChI=1S/C18H23ClN2O2S/c1-4-5-10-21(2)11-14-15(12-6-8-13(19)9-7-12)16(17(20)24-14)18(22)23-3/h6-9H,4-5,10-11,20H2,1-3H3. The Kier molecular flexibility index (Phi) is 6.66. The number of esters is 1. The molecule has 130 valence electrons. The molecule has 2 rings (SSSR count). The summed E-state index contributed by atoms with van der Waals surface area (Å²) in [6, 6.07) is 7.45. The van der Waals surface area contributed by atoms with E-state index in [1.54, 1.807) is 0 Å². The van der Waals surface area contributed by atoms with E-state index < -0.39 is 5.97 Å². The third-order valence-electron chi connectivity index (χ3n) is 3.84. The van der Waals surface area contributed by atoms with Crippen LogP contribution in [-0.2, 0) is 11.3 Å². The number of nitrogens with zero attached hydrogens (tertiary/aromatic N) is 1. The lowest BCUT2D eigenvalue weighted by Crippen LogP contribution is -2.18. The lowest BCUT2D eigenvalue weighted by atomic mass is 10.0. The molecule has 0 radical (unpaired) electrons. The molecule has 1 aromatic carbocycles. The van der Waals surface area contributed by atoms with Gasteiger partial charge in [-0.3, -0.25) is 0 Å². The van der Waals surface area contributed by atoms with E-state index in [1.807, 2.05) is 24.3 Å². The number of carbonyl (C=O) groups excluding carboxylic acids is 1. The minimum absolute atomic E-state index is 0.406. The number of methoxy groups -OCH3 is 1. The zero-order valence-corrected chi connectivity index (χ0v) is 15.8. The van der Waals surface area contributed by atoms with E-state index in [0.29, 0.717) is 15.6 Å². The van der Waals surface area contributed by atoms with Crippen LogP contribution in [0.4, 0.5) is 5.00 Å². The molecule has 0 atom stereocenters. The summed E-state index contributed by atoms with van der Waals surface area (Å²) in [5, 5.41) is 1.15. The molecule has 2 aromatic rings. The topological polar surface area (TPSA) is 55.6 Å². The number of hydrogen-bond acceptors (Lipinski definition) is 5. The van der Waals surface area contributed by atoms with Crippen molar-refractivity contribution in [2.24, 2.45) is 0 Å². The monoisotopic (exact) mass is 366 g/mol. The smallest absolute Gasteiger partial charge is 0.341 e. The Labute approximate surface area is 152 Å². The predicted molar refractivity (Wildman–Crippen MR) is 102 cm³/mol. The number of hydrogen-bond donors (Lipinski definition) is 1. The fourth-order valence-electron chi connectivity index (χ4n) is 2.59. The first-order valence-corrected chi connectivity index (χ1v) is 9.11. The number of unbranched alkanes of at least 4 members (excludes halogenated alkanes) is 1. The summed E-state index contributed by atoms with van der Waals surface area (Å²) >= 11 is 7.44. The average molecular weight is 367 g/mol. The minimum Gasteiger partial charge on any atom is -0.465 e. The van der Waals surface area contributed by atoms with Gasteiger partial charge in [0.05, 0.1) is 7.11 Å². The molecular formula is C18H23ClN2O2S. The van der Waals surface area contributed by atoms with Crippen molar-refractivity contribution in [3.05, 3.63) is 39.7 Å². The van der Waals surface area contributed by atoms with Crippen LogP contribution >= 0.6 is 22.9 Å². The van der Waals surface area contributed by atoms with Crippen LogP contribution in [0.3, 0.4) is 0 Å². The van der Waals surface area contributed by atoms with E-state index in [9.17, 15) is 4.79 Å². The second-order valence-corrected chi connectivity index (χ2v) is 7.30. The van der Waals surface area contributed by atoms with E-state index in [0.717, 1.165) is 41.9 Å². The van der Waals surface area contributed by atoms with Crippen LogP contribution in [0.5, 0.6) is 0 Å². The van der Waals surface area contributed by atoms with Gasteiger partial charge < -0.3 is 15.4 Å². The molecule has 6 heteroatoms. The molecule has 0 aliphatic carbocycles. The van der Waals surface area contributed by atoms with E-state index in [1.165, 1.54) is 18.4 Å². The Balaban J connectivity index is 2.46. The first-order chi connectivity index (χ1) is 11.5. The lowest BCUT2D eigenvalue weighted by molar-refractivity contribution is 0.0603. The Bertz CT molecular complexity index is 698. The van der Waals surface area contributed by atoms with Gasteiger partial charge in [0.25, 0.3) is 0 Å². The van der Waals surface area contributed by atoms with Crippen LogP contribution in [0.2, 0.25) is 5.02 Å². The van der Waals surface area contributed by atoms with Crippen molar-refractivity contribution in [2.75, 3.05) is 26.4 Å². The van der Waals surface area contributed by atoms with Crippen molar-refractivity contribution in [1.29, 1.82) is 0 Å². The molecule has 0 bridgehead atoms. The number of thiophene rings is 1. The normalized spacial score (nSPS) is 11.0. The van der Waals surface area contributed by atoms with Crippen LogP contribution in [0.1, 0.15) is 35.0 Å². The molecule has 0 amide bonds. The molecule has 1 aromatic heterocycles. The minimum atomic E-state index is -0.406. The number of ether oxygens (including phenoxy) is 1. The average Bonchev–Trinajstić information content (AvgIpc) is 2.88. The van der Waals surface area contributed by atoms with Crippen LogP contribution in [0.15, 0.2) is 24.3 Å². The van der Waals surface area contributed by atoms with Gasteiger partial charge in [-0.2, -0.15) is 0 Å². The zero-order valence-electron chi connectivity index (χ0n) is 14.3. The Morgan fingerprint density at radius 3 is 2.58 bits per heavy atom. The Morgan fingerprint density at radius 1 is 1.33 bits per heavy atom. The number of anilines is 1. The summed E-state index contributed by atoms with van der Waals surface area (Å²) in [4.78, 5) is 15.5. The molecule has 0 aliphatic rings. The third-order valence-corrected chi connectivity index (χ3v) is 5.09. The van der Waals surface area contributed by atoms with Gasteiger partial charge in [0.15, 0.2) is 0 Å². The van der Waals surface area contributed by atoms with Gasteiger partial charge in [-0.05, 0) is 37.7 Å². The van der Waals surface area contributed by atoms with Gasteiger partial charge in [0.2, 0.25) is 0 Å². The number of halogens is 1. The number of nitrogen functional groups attached to an aromatic ring is 1. The highest BCUT2D eigenvalue weighted by Gasteiger charge is 2.24. The Morgan fingerprint density at radius 2 is 2.00 bits per heavy atom. The molecule has 0 aliphatic heterocycles. The van der Waals surface area contributed by atoms with E-state index >= 15 is 0 Å². The van der Waals surface area contributed by atoms with Crippen molar-refractivity contribution in [3.63, 3.8) is 0 Å². The summed E-state index contributed by atoms with van der Waals surface area (Å²) in [5.41, 5.74) is 8.36. The third kappa shape index (κ3) is 4.29. The molecule has 0 saturated carbocycles. The number of rotatable bonds is 7. The molecule has 2 N–H and O–H groups in total. The van der Waals surface area contributed by atoms with Crippen molar-refractivity contribution in [3.8, 4) is 11.1 Å². The summed E-state index contributed by atoms with van der Waals surface area (Å²) < 4.78 is 4.93. The molecule has 24 heavy (non-hydrogen) atoms. The molecule has 1 heterocycles. The van der Waals surface area contributed by atoms with Gasteiger partial charge in [0.1, 0.15) is 10.6 Å². The van der Waals surface area contributed by atoms with E-state index in [2.05, 4.69) is 18.9 Å². The molecule has 4 nitrogen and oxygen atoms in total. The van der Waals surface area contributed by atoms with Gasteiger partial charge in [-0.15, -0.1) is 11.3 Å². The van der Waals surface area contributed by atoms with Crippen molar-refractivity contribution in [1.82, 2.24) is 4.90 Å². The summed E-state index contributed by atoms with van der Waals surface area (Å²) in [7, 11) is 3.45. The van der Waals surface area contributed by atoms with Crippen LogP contribution in [0.25, 0.3) is 11.1 Å². The maximum absolute atomic E-state index is 12.2. The first kappa shape index (κ1) is 18.8. The van der Waals surface area contributed by atoms with Crippen LogP contribution < -0.4 is 5.73 Å². The Hall–Kier alpha value is -1.56. The maximum Gasteiger partial charge on any atom is 0.341 e. The van der Waals surface area contributed by atoms with Crippen molar-refractivity contribution < 1.29 is 9.53 Å². The SMILES string of the molecule is CCCCN(C)Cc1sc(N)c(C(=O)OC)c1-c1ccc(Cl)cc1. The fourth-order valence-corrected chi connectivity index (χ4v) is 3.87. The fraction of sp³-hybridized carbons (Fsp3) is 0.389. The van der Waals surface area contributed by atoms with Crippen LogP contribution in [-0.4, -0.2) is 31.6 Å². The van der Waals surface area contributed by atoms with E-state index in [4.69, 9.17) is 22.1 Å². The van der Waals surface area contributed by atoms with Crippen molar-refractivity contribution in [2.45, 2.75) is 26.3 Å². The highest BCUT2D eigenvalue weighted by Crippen LogP contribution is 2.40.